The van der Waals surface area contributed by atoms with Gasteiger partial charge in [0.1, 0.15) is 0 Å². The Balaban J connectivity index is 2.29. The van der Waals surface area contributed by atoms with Crippen LogP contribution in [0.4, 0.5) is 0 Å². The number of hydrogen-bond donors (Lipinski definition) is 1. The molecule has 0 fully saturated rings. The Morgan fingerprint density at radius 1 is 1.08 bits per heavy atom. The van der Waals surface area contributed by atoms with Crippen LogP contribution in [-0.2, 0) is 0 Å². The van der Waals surface area contributed by atoms with Crippen LogP contribution in [0.2, 0.25) is 0 Å². The molecule has 0 radical (unpaired) electrons. The summed E-state index contributed by atoms with van der Waals surface area (Å²) in [6.45, 7) is -0.0244. The Labute approximate surface area is 75.2 Å². The molecular formula is C8H10N4O. The van der Waals surface area contributed by atoms with E-state index in [2.05, 4.69) is 10.2 Å². The van der Waals surface area contributed by atoms with Crippen molar-refractivity contribution in [1.29, 1.82) is 0 Å². The Morgan fingerprint density at radius 3 is 1.92 bits per heavy atom. The van der Waals surface area contributed by atoms with Gasteiger partial charge in [0.15, 0.2) is 6.17 Å². The lowest BCUT2D eigenvalue weighted by Gasteiger charge is -2.14. The van der Waals surface area contributed by atoms with Crippen LogP contribution in [0.3, 0.4) is 0 Å². The predicted octanol–water partition coefficient (Wildman–Crippen LogP) is 0.119. The number of aliphatic hydroxyl groups is 1. The van der Waals surface area contributed by atoms with Gasteiger partial charge in [-0.2, -0.15) is 10.2 Å². The third-order valence-electron chi connectivity index (χ3n) is 1.82. The predicted molar refractivity (Wildman–Crippen MR) is 46.0 cm³/mol. The lowest BCUT2D eigenvalue weighted by Crippen LogP contribution is -2.22. The molecule has 0 aromatic carbocycles. The average molecular weight is 178 g/mol. The third kappa shape index (κ3) is 1.46. The van der Waals surface area contributed by atoms with Gasteiger partial charge < -0.3 is 5.11 Å². The number of nitrogens with zero attached hydrogens (tertiary/aromatic N) is 4. The first-order valence-corrected chi connectivity index (χ1v) is 4.01. The fourth-order valence-corrected chi connectivity index (χ4v) is 1.20. The van der Waals surface area contributed by atoms with Crippen molar-refractivity contribution < 1.29 is 5.11 Å². The van der Waals surface area contributed by atoms with E-state index in [0.29, 0.717) is 0 Å². The van der Waals surface area contributed by atoms with E-state index in [0.717, 1.165) is 0 Å². The molecule has 2 heterocycles. The molecule has 2 rings (SSSR count). The van der Waals surface area contributed by atoms with E-state index in [1.807, 2.05) is 12.1 Å². The van der Waals surface area contributed by atoms with E-state index in [1.54, 1.807) is 34.2 Å². The maximum absolute atomic E-state index is 9.15. The van der Waals surface area contributed by atoms with Crippen LogP contribution < -0.4 is 0 Å². The summed E-state index contributed by atoms with van der Waals surface area (Å²) in [4.78, 5) is 0. The van der Waals surface area contributed by atoms with E-state index in [1.165, 1.54) is 0 Å². The van der Waals surface area contributed by atoms with Crippen molar-refractivity contribution in [2.75, 3.05) is 6.61 Å². The van der Waals surface area contributed by atoms with Crippen LogP contribution in [0.15, 0.2) is 36.9 Å². The molecule has 68 valence electrons. The van der Waals surface area contributed by atoms with E-state index in [9.17, 15) is 0 Å². The Hall–Kier alpha value is -1.62. The van der Waals surface area contributed by atoms with Crippen LogP contribution in [0.1, 0.15) is 6.17 Å². The second-order valence-corrected chi connectivity index (χ2v) is 2.64. The summed E-state index contributed by atoms with van der Waals surface area (Å²) in [5.74, 6) is 0. The molecule has 0 bridgehead atoms. The molecule has 0 saturated carbocycles. The Kier molecular flexibility index (Phi) is 2.09. The maximum Gasteiger partial charge on any atom is 0.166 e. The normalized spacial score (nSPS) is 10.9. The molecule has 0 atom stereocenters. The SMILES string of the molecule is OCC(n1cccn1)n1cccn1. The molecule has 13 heavy (non-hydrogen) atoms. The van der Waals surface area contributed by atoms with Crippen LogP contribution in [0, 0.1) is 0 Å². The van der Waals surface area contributed by atoms with Crippen molar-refractivity contribution in [3.63, 3.8) is 0 Å². The van der Waals surface area contributed by atoms with Crippen molar-refractivity contribution in [1.82, 2.24) is 19.6 Å². The number of aliphatic hydroxyl groups excluding tert-OH is 1. The summed E-state index contributed by atoms with van der Waals surface area (Å²) in [5.41, 5.74) is 0. The van der Waals surface area contributed by atoms with Crippen LogP contribution in [0.25, 0.3) is 0 Å². The minimum atomic E-state index is -0.245. The van der Waals surface area contributed by atoms with Gasteiger partial charge in [-0.25, -0.2) is 9.36 Å². The quantitative estimate of drug-likeness (QED) is 0.726. The zero-order valence-corrected chi connectivity index (χ0v) is 6.98. The molecule has 0 aliphatic rings. The largest absolute Gasteiger partial charge is 0.392 e. The average Bonchev–Trinajstić information content (AvgIpc) is 2.76. The summed E-state index contributed by atoms with van der Waals surface area (Å²) < 4.78 is 3.32. The zero-order valence-electron chi connectivity index (χ0n) is 6.98. The van der Waals surface area contributed by atoms with E-state index in [-0.39, 0.29) is 12.8 Å². The number of aromatic nitrogens is 4. The van der Waals surface area contributed by atoms with Crippen molar-refractivity contribution in [3.8, 4) is 0 Å². The smallest absolute Gasteiger partial charge is 0.166 e. The maximum atomic E-state index is 9.15. The first-order valence-electron chi connectivity index (χ1n) is 4.01. The molecule has 0 amide bonds. The van der Waals surface area contributed by atoms with Crippen molar-refractivity contribution >= 4 is 0 Å². The van der Waals surface area contributed by atoms with Crippen molar-refractivity contribution in [2.24, 2.45) is 0 Å². The van der Waals surface area contributed by atoms with E-state index >= 15 is 0 Å². The standard InChI is InChI=1S/C8H10N4O/c13-7-8(11-5-1-3-9-11)12-6-2-4-10-12/h1-6,8,13H,7H2. The van der Waals surface area contributed by atoms with E-state index < -0.39 is 0 Å². The molecule has 0 aliphatic heterocycles. The summed E-state index contributed by atoms with van der Waals surface area (Å²) in [6.07, 6.45) is 6.69. The molecule has 2 aromatic heterocycles. The monoisotopic (exact) mass is 178 g/mol. The zero-order chi connectivity index (χ0) is 9.10. The summed E-state index contributed by atoms with van der Waals surface area (Å²) in [7, 11) is 0. The van der Waals surface area contributed by atoms with Crippen molar-refractivity contribution in [2.45, 2.75) is 6.17 Å². The van der Waals surface area contributed by atoms with Crippen LogP contribution in [0.5, 0.6) is 0 Å². The van der Waals surface area contributed by atoms with Crippen LogP contribution >= 0.6 is 0 Å². The minimum absolute atomic E-state index is 0.0244. The minimum Gasteiger partial charge on any atom is -0.392 e. The van der Waals surface area contributed by atoms with Gasteiger partial charge in [0, 0.05) is 24.8 Å². The molecule has 1 N–H and O–H groups in total. The van der Waals surface area contributed by atoms with Gasteiger partial charge in [0.25, 0.3) is 0 Å². The highest BCUT2D eigenvalue weighted by Gasteiger charge is 2.10. The third-order valence-corrected chi connectivity index (χ3v) is 1.82. The first-order chi connectivity index (χ1) is 6.42. The number of rotatable bonds is 3. The fourth-order valence-electron chi connectivity index (χ4n) is 1.20. The fraction of sp³-hybridized carbons (Fsp3) is 0.250. The summed E-state index contributed by atoms with van der Waals surface area (Å²) in [5, 5.41) is 17.2. The highest BCUT2D eigenvalue weighted by molar-refractivity contribution is 4.85. The molecular weight excluding hydrogens is 168 g/mol. The number of hydrogen-bond acceptors (Lipinski definition) is 3. The lowest BCUT2D eigenvalue weighted by atomic mass is 10.5. The molecule has 5 heteroatoms. The molecule has 0 saturated heterocycles. The van der Waals surface area contributed by atoms with E-state index in [4.69, 9.17) is 5.11 Å². The molecule has 5 nitrogen and oxygen atoms in total. The topological polar surface area (TPSA) is 55.9 Å². The Morgan fingerprint density at radius 2 is 1.62 bits per heavy atom. The van der Waals surface area contributed by atoms with Gasteiger partial charge in [0.05, 0.1) is 6.61 Å². The van der Waals surface area contributed by atoms with Gasteiger partial charge in [0.2, 0.25) is 0 Å². The second-order valence-electron chi connectivity index (χ2n) is 2.64. The van der Waals surface area contributed by atoms with Crippen molar-refractivity contribution in [3.05, 3.63) is 36.9 Å². The molecule has 0 unspecified atom stereocenters. The lowest BCUT2D eigenvalue weighted by molar-refractivity contribution is 0.186. The van der Waals surface area contributed by atoms with Gasteiger partial charge in [-0.15, -0.1) is 0 Å². The summed E-state index contributed by atoms with van der Waals surface area (Å²) in [6, 6.07) is 3.62. The molecule has 0 spiro atoms. The second kappa shape index (κ2) is 3.40. The van der Waals surface area contributed by atoms with Crippen LogP contribution in [-0.4, -0.2) is 31.3 Å². The van der Waals surface area contributed by atoms with Gasteiger partial charge >= 0.3 is 0 Å². The highest BCUT2D eigenvalue weighted by Crippen LogP contribution is 2.05. The Bertz CT molecular complexity index is 306. The summed E-state index contributed by atoms with van der Waals surface area (Å²) >= 11 is 0. The highest BCUT2D eigenvalue weighted by atomic mass is 16.3. The van der Waals surface area contributed by atoms with Gasteiger partial charge in [-0.1, -0.05) is 0 Å². The molecule has 0 aliphatic carbocycles. The first kappa shape index (κ1) is 8.00. The molecule has 2 aromatic rings. The van der Waals surface area contributed by atoms with Gasteiger partial charge in [-0.05, 0) is 12.1 Å². The van der Waals surface area contributed by atoms with Gasteiger partial charge in [-0.3, -0.25) is 0 Å².